The molecule has 0 radical (unpaired) electrons. The highest BCUT2D eigenvalue weighted by Crippen LogP contribution is 2.31. The number of fused-ring (bicyclic) bond motifs is 1. The molecule has 4 rings (SSSR count). The van der Waals surface area contributed by atoms with Gasteiger partial charge < -0.3 is 10.4 Å². The lowest BCUT2D eigenvalue weighted by Crippen LogP contribution is -2.48. The van der Waals surface area contributed by atoms with E-state index < -0.39 is 0 Å². The van der Waals surface area contributed by atoms with E-state index in [0.29, 0.717) is 30.2 Å². The van der Waals surface area contributed by atoms with E-state index in [9.17, 15) is 14.7 Å². The van der Waals surface area contributed by atoms with Crippen molar-refractivity contribution < 1.29 is 9.90 Å². The van der Waals surface area contributed by atoms with Gasteiger partial charge in [-0.3, -0.25) is 19.1 Å². The zero-order chi connectivity index (χ0) is 20.2. The molecule has 0 unspecified atom stereocenters. The number of aliphatic hydroxyl groups is 1. The number of nitrogens with one attached hydrogen (secondary N) is 1. The van der Waals surface area contributed by atoms with Crippen LogP contribution in [-0.4, -0.2) is 37.7 Å². The van der Waals surface area contributed by atoms with Gasteiger partial charge >= 0.3 is 0 Å². The molecule has 1 atom stereocenters. The summed E-state index contributed by atoms with van der Waals surface area (Å²) in [6, 6.07) is 11.0. The summed E-state index contributed by atoms with van der Waals surface area (Å²) < 4.78 is 1.48. The number of para-hydroxylation sites is 1. The zero-order valence-corrected chi connectivity index (χ0v) is 16.1. The van der Waals surface area contributed by atoms with Crippen molar-refractivity contribution in [3.05, 3.63) is 71.0 Å². The number of aromatic nitrogens is 3. The molecule has 1 saturated carbocycles. The molecule has 0 saturated heterocycles. The number of rotatable bonds is 7. The third-order valence-corrected chi connectivity index (χ3v) is 5.58. The molecule has 2 heterocycles. The number of benzene rings is 1. The molecule has 3 aromatic rings. The van der Waals surface area contributed by atoms with Gasteiger partial charge in [-0.25, -0.2) is 4.98 Å². The highest BCUT2D eigenvalue weighted by Gasteiger charge is 2.34. The van der Waals surface area contributed by atoms with E-state index in [1.54, 1.807) is 30.6 Å². The van der Waals surface area contributed by atoms with Crippen molar-refractivity contribution >= 4 is 16.8 Å². The van der Waals surface area contributed by atoms with E-state index in [0.717, 1.165) is 5.56 Å². The molecule has 1 aliphatic rings. The molecule has 2 N–H and O–H groups in total. The first kappa shape index (κ1) is 19.3. The van der Waals surface area contributed by atoms with Crippen molar-refractivity contribution in [2.24, 2.45) is 5.92 Å². The summed E-state index contributed by atoms with van der Waals surface area (Å²) in [5.41, 5.74) is 1.61. The van der Waals surface area contributed by atoms with Gasteiger partial charge in [-0.1, -0.05) is 12.1 Å². The first-order chi connectivity index (χ1) is 14.1. The molecule has 0 aliphatic heterocycles. The van der Waals surface area contributed by atoms with Crippen LogP contribution in [0.15, 0.2) is 59.9 Å². The highest BCUT2D eigenvalue weighted by atomic mass is 16.3. The summed E-state index contributed by atoms with van der Waals surface area (Å²) in [4.78, 5) is 33.5. The number of carbonyl (C=O) groups is 1. The quantitative estimate of drug-likeness (QED) is 0.638. The lowest BCUT2D eigenvalue weighted by molar-refractivity contribution is -0.123. The average molecular weight is 392 g/mol. The van der Waals surface area contributed by atoms with Crippen LogP contribution in [0, 0.1) is 5.92 Å². The van der Waals surface area contributed by atoms with E-state index in [2.05, 4.69) is 15.3 Å². The largest absolute Gasteiger partial charge is 0.393 e. The summed E-state index contributed by atoms with van der Waals surface area (Å²) in [6.45, 7) is 0.276. The number of aryl methyl sites for hydroxylation is 1. The topological polar surface area (TPSA) is 97.1 Å². The molecule has 150 valence electrons. The number of hydrogen-bond acceptors (Lipinski definition) is 5. The van der Waals surface area contributed by atoms with Crippen LogP contribution in [0.25, 0.3) is 10.9 Å². The Morgan fingerprint density at radius 1 is 1.21 bits per heavy atom. The molecule has 7 heteroatoms. The molecular formula is C22H24N4O3. The van der Waals surface area contributed by atoms with Gasteiger partial charge in [0.15, 0.2) is 0 Å². The second-order valence-corrected chi connectivity index (χ2v) is 7.63. The van der Waals surface area contributed by atoms with Crippen LogP contribution in [0.2, 0.25) is 0 Å². The van der Waals surface area contributed by atoms with Crippen molar-refractivity contribution in [2.75, 3.05) is 0 Å². The Morgan fingerprint density at radius 2 is 1.97 bits per heavy atom. The first-order valence-corrected chi connectivity index (χ1v) is 9.90. The Morgan fingerprint density at radius 3 is 2.72 bits per heavy atom. The van der Waals surface area contributed by atoms with Crippen LogP contribution in [0.4, 0.5) is 0 Å². The number of carbonyl (C=O) groups excluding carboxylic acids is 1. The van der Waals surface area contributed by atoms with Gasteiger partial charge in [0, 0.05) is 31.4 Å². The van der Waals surface area contributed by atoms with Crippen LogP contribution in [0.1, 0.15) is 24.8 Å². The maximum absolute atomic E-state index is 12.6. The number of hydrogen-bond donors (Lipinski definition) is 2. The minimum Gasteiger partial charge on any atom is -0.393 e. The van der Waals surface area contributed by atoms with E-state index in [1.807, 2.05) is 18.2 Å². The number of amides is 1. The highest BCUT2D eigenvalue weighted by molar-refractivity contribution is 5.77. The van der Waals surface area contributed by atoms with Gasteiger partial charge in [0.1, 0.15) is 0 Å². The third-order valence-electron chi connectivity index (χ3n) is 5.58. The van der Waals surface area contributed by atoms with Crippen molar-refractivity contribution in [1.82, 2.24) is 19.9 Å². The molecule has 1 fully saturated rings. The van der Waals surface area contributed by atoms with E-state index >= 15 is 0 Å². The molecule has 1 aliphatic carbocycles. The van der Waals surface area contributed by atoms with Crippen molar-refractivity contribution in [2.45, 2.75) is 44.4 Å². The number of aliphatic hydroxyl groups excluding tert-OH is 1. The minimum absolute atomic E-state index is 0.0419. The van der Waals surface area contributed by atoms with Crippen molar-refractivity contribution in [3.63, 3.8) is 0 Å². The molecule has 7 nitrogen and oxygen atoms in total. The van der Waals surface area contributed by atoms with Gasteiger partial charge in [-0.05, 0) is 55.0 Å². The second-order valence-electron chi connectivity index (χ2n) is 7.63. The first-order valence-electron chi connectivity index (χ1n) is 9.90. The second kappa shape index (κ2) is 8.53. The third kappa shape index (κ3) is 4.51. The molecule has 1 amide bonds. The zero-order valence-electron chi connectivity index (χ0n) is 16.1. The average Bonchev–Trinajstić information content (AvgIpc) is 2.71. The fourth-order valence-electron chi connectivity index (χ4n) is 3.83. The fourth-order valence-corrected chi connectivity index (χ4v) is 3.83. The van der Waals surface area contributed by atoms with Crippen molar-refractivity contribution in [3.8, 4) is 0 Å². The monoisotopic (exact) mass is 392 g/mol. The lowest BCUT2D eigenvalue weighted by Gasteiger charge is -2.38. The summed E-state index contributed by atoms with van der Waals surface area (Å²) in [7, 11) is 0. The predicted octanol–water partition coefficient (Wildman–Crippen LogP) is 1.68. The maximum atomic E-state index is 12.6. The summed E-state index contributed by atoms with van der Waals surface area (Å²) in [6.07, 6.45) is 6.99. The minimum atomic E-state index is -0.279. The van der Waals surface area contributed by atoms with Gasteiger partial charge in [0.2, 0.25) is 5.91 Å². The van der Waals surface area contributed by atoms with Gasteiger partial charge in [0.25, 0.3) is 5.56 Å². The maximum Gasteiger partial charge on any atom is 0.261 e. The van der Waals surface area contributed by atoms with E-state index in [1.165, 1.54) is 10.9 Å². The molecule has 0 spiro atoms. The summed E-state index contributed by atoms with van der Waals surface area (Å²) in [5, 5.41) is 13.3. The predicted molar refractivity (Wildman–Crippen MR) is 109 cm³/mol. The number of pyridine rings is 1. The SMILES string of the molecule is O=C(CCn1cnc2ccccc2c1=O)N[C@H](Cc1ccncc1)C1CC(O)C1. The molecule has 2 aromatic heterocycles. The summed E-state index contributed by atoms with van der Waals surface area (Å²) >= 11 is 0. The van der Waals surface area contributed by atoms with Crippen molar-refractivity contribution in [1.29, 1.82) is 0 Å². The van der Waals surface area contributed by atoms with Gasteiger partial charge in [0.05, 0.1) is 23.3 Å². The van der Waals surface area contributed by atoms with Crippen LogP contribution in [-0.2, 0) is 17.8 Å². The van der Waals surface area contributed by atoms with E-state index in [-0.39, 0.29) is 42.5 Å². The molecule has 0 bridgehead atoms. The normalized spacial score (nSPS) is 19.5. The summed E-state index contributed by atoms with van der Waals surface area (Å²) in [5.74, 6) is 0.151. The molecule has 29 heavy (non-hydrogen) atoms. The van der Waals surface area contributed by atoms with Crippen LogP contribution in [0.3, 0.4) is 0 Å². The van der Waals surface area contributed by atoms with Crippen LogP contribution < -0.4 is 10.9 Å². The van der Waals surface area contributed by atoms with Crippen LogP contribution in [0.5, 0.6) is 0 Å². The Balaban J connectivity index is 1.40. The van der Waals surface area contributed by atoms with Gasteiger partial charge in [-0.15, -0.1) is 0 Å². The Kier molecular flexibility index (Phi) is 5.67. The molecular weight excluding hydrogens is 368 g/mol. The van der Waals surface area contributed by atoms with Crippen LogP contribution >= 0.6 is 0 Å². The fraction of sp³-hybridized carbons (Fsp3) is 0.364. The molecule has 1 aromatic carbocycles. The lowest BCUT2D eigenvalue weighted by atomic mass is 9.75. The smallest absolute Gasteiger partial charge is 0.261 e. The Hall–Kier alpha value is -3.06. The number of nitrogens with zero attached hydrogens (tertiary/aromatic N) is 3. The Labute approximate surface area is 168 Å². The Bertz CT molecular complexity index is 1040. The standard InChI is InChI=1S/C22H24N4O3/c27-17-12-16(13-17)20(11-15-5-8-23-9-6-15)25-21(28)7-10-26-14-24-19-4-2-1-3-18(19)22(26)29/h1-6,8-9,14,16-17,20,27H,7,10-13H2,(H,25,28)/t16?,17?,20-/m1/s1. The van der Waals surface area contributed by atoms with Gasteiger partial charge in [-0.2, -0.15) is 0 Å². The van der Waals surface area contributed by atoms with E-state index in [4.69, 9.17) is 0 Å².